The zero-order chi connectivity index (χ0) is 19.3. The number of unbranched alkanes of at least 4 members (excludes halogenated alkanes) is 2. The van der Waals surface area contributed by atoms with Crippen molar-refractivity contribution in [1.29, 1.82) is 0 Å². The van der Waals surface area contributed by atoms with E-state index in [9.17, 15) is 4.79 Å². The van der Waals surface area contributed by atoms with Gasteiger partial charge in [0, 0.05) is 25.1 Å². The van der Waals surface area contributed by atoms with Crippen LogP contribution in [0.5, 0.6) is 5.75 Å². The molecule has 0 aliphatic carbocycles. The number of rotatable bonds is 13. The first-order valence-electron chi connectivity index (χ1n) is 10.8. The number of nitrogens with zero attached hydrogens (tertiary/aromatic N) is 1. The van der Waals surface area contributed by atoms with Crippen molar-refractivity contribution >= 4 is 5.78 Å². The summed E-state index contributed by atoms with van der Waals surface area (Å²) < 4.78 is 11.5. The third kappa shape index (κ3) is 8.02. The van der Waals surface area contributed by atoms with Crippen molar-refractivity contribution < 1.29 is 14.3 Å². The van der Waals surface area contributed by atoms with Crippen LogP contribution in [-0.4, -0.2) is 50.1 Å². The monoisotopic (exact) mass is 375 g/mol. The van der Waals surface area contributed by atoms with Gasteiger partial charge < -0.3 is 14.4 Å². The molecular formula is C23H37NO3. The van der Waals surface area contributed by atoms with Gasteiger partial charge in [0.1, 0.15) is 12.4 Å². The zero-order valence-electron chi connectivity index (χ0n) is 17.3. The summed E-state index contributed by atoms with van der Waals surface area (Å²) in [5.41, 5.74) is 1.91. The average molecular weight is 376 g/mol. The Morgan fingerprint density at radius 1 is 1.04 bits per heavy atom. The second kappa shape index (κ2) is 12.9. The minimum absolute atomic E-state index is 0.237. The molecule has 0 aromatic heterocycles. The second-order valence-electron chi connectivity index (χ2n) is 7.42. The highest BCUT2D eigenvalue weighted by atomic mass is 16.5. The minimum atomic E-state index is 0.237. The molecule has 152 valence electrons. The van der Waals surface area contributed by atoms with Gasteiger partial charge in [0.15, 0.2) is 5.78 Å². The predicted octanol–water partition coefficient (Wildman–Crippen LogP) is 4.89. The fourth-order valence-corrected chi connectivity index (χ4v) is 3.52. The Labute approximate surface area is 165 Å². The summed E-state index contributed by atoms with van der Waals surface area (Å²) >= 11 is 0. The van der Waals surface area contributed by atoms with Crippen LogP contribution < -0.4 is 4.74 Å². The molecule has 0 radical (unpaired) electrons. The van der Waals surface area contributed by atoms with Crippen LogP contribution in [0.2, 0.25) is 0 Å². The van der Waals surface area contributed by atoms with Gasteiger partial charge in [-0.15, -0.1) is 0 Å². The van der Waals surface area contributed by atoms with E-state index in [0.717, 1.165) is 56.0 Å². The summed E-state index contributed by atoms with van der Waals surface area (Å²) in [5.74, 6) is 1.11. The first-order chi connectivity index (χ1) is 13.2. The van der Waals surface area contributed by atoms with E-state index in [4.69, 9.17) is 9.47 Å². The van der Waals surface area contributed by atoms with Crippen molar-refractivity contribution in [1.82, 2.24) is 4.90 Å². The van der Waals surface area contributed by atoms with E-state index in [1.807, 2.05) is 18.2 Å². The van der Waals surface area contributed by atoms with E-state index in [2.05, 4.69) is 18.7 Å². The van der Waals surface area contributed by atoms with Gasteiger partial charge in [-0.2, -0.15) is 0 Å². The fourth-order valence-electron chi connectivity index (χ4n) is 3.52. The highest BCUT2D eigenvalue weighted by Gasteiger charge is 2.14. The molecule has 1 heterocycles. The molecule has 2 rings (SSSR count). The standard InChI is InChI=1S/C23H37NO3/c1-3-5-9-16-26-17-18-27-23-11-10-21(19-20(23)4-2)22(25)12-15-24-13-7-6-8-14-24/h10-11,19H,3-9,12-18H2,1-2H3. The Morgan fingerprint density at radius 3 is 2.59 bits per heavy atom. The number of carbonyl (C=O) groups is 1. The maximum atomic E-state index is 12.6. The lowest BCUT2D eigenvalue weighted by molar-refractivity contribution is 0.0954. The van der Waals surface area contributed by atoms with Crippen molar-refractivity contribution in [3.8, 4) is 5.75 Å². The number of hydrogen-bond acceptors (Lipinski definition) is 4. The lowest BCUT2D eigenvalue weighted by Crippen LogP contribution is -2.31. The number of benzene rings is 1. The van der Waals surface area contributed by atoms with Crippen LogP contribution in [0.25, 0.3) is 0 Å². The van der Waals surface area contributed by atoms with Crippen LogP contribution >= 0.6 is 0 Å². The Kier molecular flexibility index (Phi) is 10.5. The molecule has 27 heavy (non-hydrogen) atoms. The van der Waals surface area contributed by atoms with E-state index in [-0.39, 0.29) is 5.78 Å². The van der Waals surface area contributed by atoms with Crippen molar-refractivity contribution in [3.63, 3.8) is 0 Å². The third-order valence-corrected chi connectivity index (χ3v) is 5.24. The van der Waals surface area contributed by atoms with Crippen LogP contribution in [-0.2, 0) is 11.2 Å². The van der Waals surface area contributed by atoms with E-state index < -0.39 is 0 Å². The lowest BCUT2D eigenvalue weighted by atomic mass is 10.0. The van der Waals surface area contributed by atoms with Crippen LogP contribution in [0.4, 0.5) is 0 Å². The first kappa shape index (κ1) is 21.9. The molecule has 1 aliphatic rings. The smallest absolute Gasteiger partial charge is 0.164 e. The highest BCUT2D eigenvalue weighted by Crippen LogP contribution is 2.22. The molecule has 0 spiro atoms. The minimum Gasteiger partial charge on any atom is -0.491 e. The number of likely N-dealkylation sites (tertiary alicyclic amines) is 1. The molecule has 0 saturated carbocycles. The van der Waals surface area contributed by atoms with Crippen LogP contribution in [0, 0.1) is 0 Å². The molecule has 1 fully saturated rings. The van der Waals surface area contributed by atoms with Crippen molar-refractivity contribution in [3.05, 3.63) is 29.3 Å². The van der Waals surface area contributed by atoms with E-state index in [1.54, 1.807) is 0 Å². The quantitative estimate of drug-likeness (QED) is 0.363. The average Bonchev–Trinajstić information content (AvgIpc) is 2.72. The largest absolute Gasteiger partial charge is 0.491 e. The molecule has 1 aromatic carbocycles. The van der Waals surface area contributed by atoms with Crippen LogP contribution in [0.3, 0.4) is 0 Å². The van der Waals surface area contributed by atoms with E-state index >= 15 is 0 Å². The number of carbonyl (C=O) groups excluding carboxylic acids is 1. The Bertz CT molecular complexity index is 553. The zero-order valence-corrected chi connectivity index (χ0v) is 17.3. The summed E-state index contributed by atoms with van der Waals surface area (Å²) in [6, 6.07) is 5.87. The maximum Gasteiger partial charge on any atom is 0.164 e. The molecule has 0 atom stereocenters. The number of ether oxygens (including phenoxy) is 2. The van der Waals surface area contributed by atoms with Gasteiger partial charge >= 0.3 is 0 Å². The van der Waals surface area contributed by atoms with Gasteiger partial charge in [0.2, 0.25) is 0 Å². The summed E-state index contributed by atoms with van der Waals surface area (Å²) in [6.07, 6.45) is 8.87. The SMILES string of the molecule is CCCCCOCCOc1ccc(C(=O)CCN2CCCCC2)cc1CC. The molecule has 1 saturated heterocycles. The maximum absolute atomic E-state index is 12.6. The highest BCUT2D eigenvalue weighted by molar-refractivity contribution is 5.96. The molecule has 4 nitrogen and oxygen atoms in total. The van der Waals surface area contributed by atoms with Gasteiger partial charge in [-0.3, -0.25) is 4.79 Å². The second-order valence-corrected chi connectivity index (χ2v) is 7.42. The topological polar surface area (TPSA) is 38.8 Å². The van der Waals surface area contributed by atoms with Crippen LogP contribution in [0.15, 0.2) is 18.2 Å². The Balaban J connectivity index is 1.77. The molecule has 0 unspecified atom stereocenters. The molecular weight excluding hydrogens is 338 g/mol. The molecule has 0 bridgehead atoms. The lowest BCUT2D eigenvalue weighted by Gasteiger charge is -2.26. The third-order valence-electron chi connectivity index (χ3n) is 5.24. The molecule has 0 amide bonds. The van der Waals surface area contributed by atoms with Crippen molar-refractivity contribution in [2.75, 3.05) is 39.5 Å². The van der Waals surface area contributed by atoms with Gasteiger partial charge in [0.25, 0.3) is 0 Å². The molecule has 1 aliphatic heterocycles. The number of hydrogen-bond donors (Lipinski definition) is 0. The predicted molar refractivity (Wildman–Crippen MR) is 111 cm³/mol. The summed E-state index contributed by atoms with van der Waals surface area (Å²) in [5, 5.41) is 0. The first-order valence-corrected chi connectivity index (χ1v) is 10.8. The van der Waals surface area contributed by atoms with Gasteiger partial charge in [-0.1, -0.05) is 33.1 Å². The molecule has 1 aromatic rings. The van der Waals surface area contributed by atoms with Crippen molar-refractivity contribution in [2.24, 2.45) is 0 Å². The molecule has 0 N–H and O–H groups in total. The summed E-state index contributed by atoms with van der Waals surface area (Å²) in [7, 11) is 0. The van der Waals surface area contributed by atoms with Crippen molar-refractivity contribution in [2.45, 2.75) is 65.2 Å². The Morgan fingerprint density at radius 2 is 1.85 bits per heavy atom. The number of ketones is 1. The number of piperidine rings is 1. The van der Waals surface area contributed by atoms with Gasteiger partial charge in [-0.25, -0.2) is 0 Å². The van der Waals surface area contributed by atoms with Gasteiger partial charge in [-0.05, 0) is 62.5 Å². The van der Waals surface area contributed by atoms with Crippen LogP contribution in [0.1, 0.15) is 74.7 Å². The van der Waals surface area contributed by atoms with Gasteiger partial charge in [0.05, 0.1) is 6.61 Å². The van der Waals surface area contributed by atoms with E-state index in [0.29, 0.717) is 19.6 Å². The number of aryl methyl sites for hydroxylation is 1. The fraction of sp³-hybridized carbons (Fsp3) is 0.696. The normalized spacial score (nSPS) is 15.0. The van der Waals surface area contributed by atoms with E-state index in [1.165, 1.54) is 32.1 Å². The summed E-state index contributed by atoms with van der Waals surface area (Å²) in [6.45, 7) is 9.44. The summed E-state index contributed by atoms with van der Waals surface area (Å²) in [4.78, 5) is 15.0. The Hall–Kier alpha value is -1.39. The molecule has 4 heteroatoms. The number of Topliss-reactive ketones (excluding diaryl/α,β-unsaturated/α-hetero) is 1.